The average Bonchev–Trinajstić information content (AvgIpc) is 3.39. The van der Waals surface area contributed by atoms with Crippen LogP contribution in [0.4, 0.5) is 0 Å². The van der Waals surface area contributed by atoms with E-state index in [9.17, 15) is 0 Å². The Hall–Kier alpha value is -4.88. The van der Waals surface area contributed by atoms with Crippen LogP contribution < -0.4 is 59.2 Å². The molecule has 12 nitrogen and oxygen atoms in total. The summed E-state index contributed by atoms with van der Waals surface area (Å²) in [6, 6.07) is 18.2. The highest BCUT2D eigenvalue weighted by Crippen LogP contribution is 2.50. The van der Waals surface area contributed by atoms with Gasteiger partial charge in [0.05, 0.1) is 56.9 Å². The van der Waals surface area contributed by atoms with E-state index in [1.54, 1.807) is 56.9 Å². The van der Waals surface area contributed by atoms with Crippen molar-refractivity contribution in [3.8, 4) is 46.0 Å². The van der Waals surface area contributed by atoms with E-state index in [0.29, 0.717) is 11.8 Å². The molecule has 4 aliphatic heterocycles. The molecule has 0 aliphatic carbocycles. The Morgan fingerprint density at radius 3 is 0.794 bits per heavy atom. The molecule has 4 aromatic rings. The standard InChI is InChI=1S/C56H78N4O8/c1-11-33(23-43(53-39-29-49(65-7)45(61-3)25-35(39)15-19-57-53)54-40-30-50(66-8)46(62-4)26-36(40)16-20-58-54)13-14-34(12-2)24-44(55-41-31-51(67-9)47(63-5)27-37(41)17-21-59-55)56-42-32-52(68-10)48(64-6)28-38(42)18-22-60-56/h25-34,43-44,53-60H,11-24H2,1-10H3. The van der Waals surface area contributed by atoms with E-state index in [1.807, 2.05) is 0 Å². The van der Waals surface area contributed by atoms with Gasteiger partial charge >= 0.3 is 0 Å². The topological polar surface area (TPSA) is 122 Å². The molecule has 0 radical (unpaired) electrons. The number of benzene rings is 4. The summed E-state index contributed by atoms with van der Waals surface area (Å²) >= 11 is 0. The van der Waals surface area contributed by atoms with Gasteiger partial charge in [0.2, 0.25) is 0 Å². The van der Waals surface area contributed by atoms with E-state index in [-0.39, 0.29) is 36.0 Å². The van der Waals surface area contributed by atoms with E-state index < -0.39 is 0 Å². The number of hydrogen-bond acceptors (Lipinski definition) is 12. The highest BCUT2D eigenvalue weighted by atomic mass is 16.5. The number of fused-ring (bicyclic) bond motifs is 4. The molecule has 370 valence electrons. The largest absolute Gasteiger partial charge is 0.493 e. The Labute approximate surface area is 405 Å². The van der Waals surface area contributed by atoms with Gasteiger partial charge in [0, 0.05) is 24.2 Å². The third-order valence-electron chi connectivity index (χ3n) is 16.0. The van der Waals surface area contributed by atoms with Crippen molar-refractivity contribution in [2.45, 2.75) is 102 Å². The van der Waals surface area contributed by atoms with Crippen molar-refractivity contribution in [3.63, 3.8) is 0 Å². The summed E-state index contributed by atoms with van der Waals surface area (Å²) < 4.78 is 47.0. The smallest absolute Gasteiger partial charge is 0.161 e. The fourth-order valence-electron chi connectivity index (χ4n) is 12.3. The Kier molecular flexibility index (Phi) is 16.5. The first kappa shape index (κ1) is 49.5. The molecule has 68 heavy (non-hydrogen) atoms. The zero-order valence-corrected chi connectivity index (χ0v) is 42.4. The second-order valence-electron chi connectivity index (χ2n) is 19.3. The first-order chi connectivity index (χ1) is 33.2. The van der Waals surface area contributed by atoms with Gasteiger partial charge in [0.1, 0.15) is 0 Å². The molecule has 6 unspecified atom stereocenters. The van der Waals surface area contributed by atoms with E-state index in [0.717, 1.165) is 136 Å². The minimum atomic E-state index is 0.108. The quantitative estimate of drug-likeness (QED) is 0.0637. The van der Waals surface area contributed by atoms with Crippen LogP contribution in [-0.2, 0) is 25.7 Å². The van der Waals surface area contributed by atoms with Crippen molar-refractivity contribution < 1.29 is 37.9 Å². The third kappa shape index (κ3) is 10.1. The molecule has 0 bridgehead atoms. The van der Waals surface area contributed by atoms with Crippen LogP contribution in [0.3, 0.4) is 0 Å². The van der Waals surface area contributed by atoms with Gasteiger partial charge in [0.25, 0.3) is 0 Å². The van der Waals surface area contributed by atoms with E-state index in [2.05, 4.69) is 83.6 Å². The number of rotatable bonds is 21. The monoisotopic (exact) mass is 935 g/mol. The lowest BCUT2D eigenvalue weighted by atomic mass is 9.71. The summed E-state index contributed by atoms with van der Waals surface area (Å²) in [5.41, 5.74) is 10.5. The Morgan fingerprint density at radius 1 is 0.368 bits per heavy atom. The van der Waals surface area contributed by atoms with Crippen molar-refractivity contribution in [3.05, 3.63) is 93.0 Å². The van der Waals surface area contributed by atoms with Crippen LogP contribution in [-0.4, -0.2) is 83.1 Å². The maximum Gasteiger partial charge on any atom is 0.161 e. The molecule has 4 heterocycles. The second-order valence-corrected chi connectivity index (χ2v) is 19.3. The predicted molar refractivity (Wildman–Crippen MR) is 269 cm³/mol. The van der Waals surface area contributed by atoms with Crippen molar-refractivity contribution in [1.82, 2.24) is 21.3 Å². The van der Waals surface area contributed by atoms with Crippen molar-refractivity contribution in [2.75, 3.05) is 83.1 Å². The summed E-state index contributed by atoms with van der Waals surface area (Å²) in [5.74, 6) is 7.72. The highest BCUT2D eigenvalue weighted by Gasteiger charge is 2.41. The molecule has 4 aromatic carbocycles. The molecular formula is C56H78N4O8. The molecule has 0 saturated heterocycles. The predicted octanol–water partition coefficient (Wildman–Crippen LogP) is 9.45. The van der Waals surface area contributed by atoms with Crippen LogP contribution in [0.5, 0.6) is 46.0 Å². The molecule has 0 spiro atoms. The molecule has 4 aliphatic rings. The molecule has 8 rings (SSSR count). The Morgan fingerprint density at radius 2 is 0.588 bits per heavy atom. The van der Waals surface area contributed by atoms with Gasteiger partial charge in [-0.1, -0.05) is 39.5 Å². The molecule has 0 aromatic heterocycles. The van der Waals surface area contributed by atoms with Crippen molar-refractivity contribution in [1.29, 1.82) is 0 Å². The van der Waals surface area contributed by atoms with E-state index >= 15 is 0 Å². The Bertz CT molecular complexity index is 2030. The van der Waals surface area contributed by atoms with Crippen LogP contribution in [0.25, 0.3) is 0 Å². The average molecular weight is 935 g/mol. The van der Waals surface area contributed by atoms with Crippen molar-refractivity contribution in [2.24, 2.45) is 23.7 Å². The summed E-state index contributed by atoms with van der Waals surface area (Å²) in [7, 11) is 13.9. The van der Waals surface area contributed by atoms with Crippen LogP contribution in [0.15, 0.2) is 48.5 Å². The molecule has 0 fully saturated rings. The maximum absolute atomic E-state index is 5.94. The molecular weight excluding hydrogens is 857 g/mol. The summed E-state index contributed by atoms with van der Waals surface area (Å²) in [6.45, 7) is 8.40. The van der Waals surface area contributed by atoms with Gasteiger partial charge in [0.15, 0.2) is 46.0 Å². The Balaban J connectivity index is 1.13. The molecule has 12 heteroatoms. The van der Waals surface area contributed by atoms with Crippen molar-refractivity contribution >= 4 is 0 Å². The van der Waals surface area contributed by atoms with E-state index in [1.165, 1.54) is 44.5 Å². The second kappa shape index (κ2) is 22.7. The lowest BCUT2D eigenvalue weighted by Crippen LogP contribution is -2.44. The molecule has 0 saturated carbocycles. The summed E-state index contributed by atoms with van der Waals surface area (Å²) in [5, 5.41) is 16.2. The van der Waals surface area contributed by atoms with Gasteiger partial charge in [-0.3, -0.25) is 0 Å². The van der Waals surface area contributed by atoms with Crippen LogP contribution >= 0.6 is 0 Å². The van der Waals surface area contributed by atoms with Gasteiger partial charge in [-0.05, 0) is 181 Å². The SMILES string of the molecule is CCC(CCC(CC)CC(C1NCCc2cc(OC)c(OC)cc21)C1NCCc2cc(OC)c(OC)cc21)CC(C1NCCc2cc(OC)c(OC)cc21)C1NCCc2cc(OC)c(OC)cc21. The number of ether oxygens (including phenoxy) is 8. The van der Waals surface area contributed by atoms with Crippen LogP contribution in [0, 0.1) is 23.7 Å². The molecule has 0 amide bonds. The van der Waals surface area contributed by atoms with Gasteiger partial charge < -0.3 is 59.2 Å². The maximum atomic E-state index is 5.94. The van der Waals surface area contributed by atoms with Crippen LogP contribution in [0.1, 0.15) is 121 Å². The lowest BCUT2D eigenvalue weighted by Gasteiger charge is -2.43. The first-order valence-electron chi connectivity index (χ1n) is 25.2. The normalized spacial score (nSPS) is 21.4. The van der Waals surface area contributed by atoms with Crippen LogP contribution in [0.2, 0.25) is 0 Å². The number of methoxy groups -OCH3 is 8. The zero-order valence-electron chi connectivity index (χ0n) is 42.4. The summed E-state index contributed by atoms with van der Waals surface area (Å²) in [4.78, 5) is 0. The highest BCUT2D eigenvalue weighted by molar-refractivity contribution is 5.54. The number of nitrogens with one attached hydrogen (secondary N) is 4. The minimum absolute atomic E-state index is 0.108. The minimum Gasteiger partial charge on any atom is -0.493 e. The zero-order chi connectivity index (χ0) is 47.9. The third-order valence-corrected chi connectivity index (χ3v) is 16.0. The number of hydrogen-bond donors (Lipinski definition) is 4. The summed E-state index contributed by atoms with van der Waals surface area (Å²) in [6.07, 6.45) is 10.4. The first-order valence-corrected chi connectivity index (χ1v) is 25.2. The van der Waals surface area contributed by atoms with Gasteiger partial charge in [-0.2, -0.15) is 0 Å². The lowest BCUT2D eigenvalue weighted by molar-refractivity contribution is 0.181. The fraction of sp³-hybridized carbons (Fsp3) is 0.571. The molecule has 6 atom stereocenters. The van der Waals surface area contributed by atoms with Gasteiger partial charge in [-0.25, -0.2) is 0 Å². The fourth-order valence-corrected chi connectivity index (χ4v) is 12.3. The van der Waals surface area contributed by atoms with E-state index in [4.69, 9.17) is 37.9 Å². The van der Waals surface area contributed by atoms with Gasteiger partial charge in [-0.15, -0.1) is 0 Å². The molecule has 4 N–H and O–H groups in total.